The number of hydrogen-bond acceptors (Lipinski definition) is 26. The van der Waals surface area contributed by atoms with Crippen molar-refractivity contribution in [3.05, 3.63) is 130 Å². The summed E-state index contributed by atoms with van der Waals surface area (Å²) in [4.78, 5) is 82.9. The normalized spacial score (nSPS) is 20.9. The van der Waals surface area contributed by atoms with E-state index in [1.807, 2.05) is 62.8 Å². The van der Waals surface area contributed by atoms with Crippen molar-refractivity contribution in [3.63, 3.8) is 0 Å². The third kappa shape index (κ3) is 18.2. The quantitative estimate of drug-likeness (QED) is 0.0425. The van der Waals surface area contributed by atoms with Gasteiger partial charge in [-0.3, -0.25) is 39.1 Å². The fourth-order valence-corrected chi connectivity index (χ4v) is 19.8. The van der Waals surface area contributed by atoms with Crippen molar-refractivity contribution in [3.8, 4) is 17.1 Å². The highest BCUT2D eigenvalue weighted by molar-refractivity contribution is 6.29. The monoisotopic (exact) mass is 1670 g/mol. The van der Waals surface area contributed by atoms with Crippen molar-refractivity contribution in [2.45, 2.75) is 157 Å². The van der Waals surface area contributed by atoms with Crippen LogP contribution in [0.25, 0.3) is 55.7 Å². The van der Waals surface area contributed by atoms with Crippen LogP contribution in [0, 0.1) is 0 Å². The SMILES string of the molecule is COCC(=O)c1cc(N2CCC(N3CCOCC3)CC2)c2c(C3CCC3)nn(-c3ccnc(C4=CCOCC4)c3)c2n1.COCC(=O)c1cc(N2CCC(N3CCOCC3)CC2)c2c(C3CCC3)nn(-c3ccnc(C4CCOCC4)c3)c2n1.COCC(=O)c1cc(N2CCC(N3CCOCC3)CC2)c2c(C3CCC3)nn(-c3ccnc(Cl)c3)c2n1. The minimum absolute atomic E-state index is 0.00367. The summed E-state index contributed by atoms with van der Waals surface area (Å²) >= 11 is 6.24. The van der Waals surface area contributed by atoms with Crippen molar-refractivity contribution in [1.29, 1.82) is 0 Å². The van der Waals surface area contributed by atoms with Gasteiger partial charge < -0.3 is 52.6 Å². The van der Waals surface area contributed by atoms with Gasteiger partial charge in [0.15, 0.2) is 16.9 Å². The fraction of sp³-hybridized carbons (Fsp3) is 0.582. The Labute approximate surface area is 712 Å². The number of pyridine rings is 6. The second-order valence-electron chi connectivity index (χ2n) is 34.2. The molecule has 3 saturated carbocycles. The Balaban J connectivity index is 0.000000125. The van der Waals surface area contributed by atoms with Crippen LogP contribution in [-0.4, -0.2) is 295 Å². The van der Waals surface area contributed by atoms with E-state index >= 15 is 0 Å². The number of carbonyl (C=O) groups excluding carboxylic acids is 3. The number of nitrogens with zero attached hydrogens (tertiary/aromatic N) is 18. The summed E-state index contributed by atoms with van der Waals surface area (Å²) in [6.07, 6.45) is 27.2. The van der Waals surface area contributed by atoms with Gasteiger partial charge in [0.2, 0.25) is 17.3 Å². The molecule has 0 spiro atoms. The molecule has 8 aliphatic heterocycles. The Bertz CT molecular complexity index is 5150. The molecular formula is C91H115ClN18O11. The molecule has 642 valence electrons. The number of Topliss-reactive ketones (excluding diaryl/α,β-unsaturated/α-hetero) is 3. The predicted molar refractivity (Wildman–Crippen MR) is 462 cm³/mol. The number of morpholine rings is 3. The molecule has 10 fully saturated rings. The van der Waals surface area contributed by atoms with Gasteiger partial charge in [0.1, 0.15) is 42.1 Å². The lowest BCUT2D eigenvalue weighted by Crippen LogP contribution is -2.49. The third-order valence-corrected chi connectivity index (χ3v) is 27.3. The Hall–Kier alpha value is -8.69. The molecule has 0 aromatic carbocycles. The van der Waals surface area contributed by atoms with Gasteiger partial charge >= 0.3 is 0 Å². The average molecular weight is 1670 g/mol. The molecule has 0 N–H and O–H groups in total. The summed E-state index contributed by atoms with van der Waals surface area (Å²) in [6.45, 7) is 19.4. The number of aromatic nitrogens is 12. The standard InChI is InChI=1S/C32H42N6O4.C32H40N6O4.C27H33ClN6O3/c2*1-40-21-29(39)27-20-28(37-11-6-24(7-12-37)36-13-17-42-18-14-36)30-31(23-3-2-4-23)35-38(32(30)34-27)25-5-10-33-26(19-25)22-8-15-41-16-9-22;1-36-17-23(35)21-16-22(33-9-6-19(7-10-33)32-11-13-37-14-12-32)25-26(18-3-2-4-18)31-34(27(25)30-21)20-5-8-29-24(28)15-20/h5,10,19-20,22-24H,2-4,6-9,11-18,21H2,1H3;5,8,10,19-20,23-24H,2-4,6-7,9,11-18,21H2,1H3;5,8,15-16,18-19H,2-4,6-7,9-14,17H2,1H3. The van der Waals surface area contributed by atoms with Crippen molar-refractivity contribution in [1.82, 2.24) is 73.9 Å². The first kappa shape index (κ1) is 83.2. The predicted octanol–water partition coefficient (Wildman–Crippen LogP) is 12.0. The molecule has 0 radical (unpaired) electrons. The van der Waals surface area contributed by atoms with E-state index in [2.05, 4.69) is 57.6 Å². The molecule has 121 heavy (non-hydrogen) atoms. The van der Waals surface area contributed by atoms with Crippen LogP contribution in [0.5, 0.6) is 0 Å². The number of anilines is 3. The zero-order valence-electron chi connectivity index (χ0n) is 70.4. The van der Waals surface area contributed by atoms with Crippen molar-refractivity contribution >= 4 is 84.7 Å². The maximum atomic E-state index is 13.2. The molecule has 0 atom stereocenters. The lowest BCUT2D eigenvalue weighted by molar-refractivity contribution is 0.0115. The Morgan fingerprint density at radius 1 is 0.397 bits per heavy atom. The average Bonchev–Trinajstić information content (AvgIpc) is 1.60. The van der Waals surface area contributed by atoms with Crippen LogP contribution >= 0.6 is 11.6 Å². The minimum Gasteiger partial charge on any atom is -0.381 e. The number of hydrogen-bond donors (Lipinski definition) is 0. The topological polar surface area (TPSA) is 275 Å². The highest BCUT2D eigenvalue weighted by Gasteiger charge is 2.39. The summed E-state index contributed by atoms with van der Waals surface area (Å²) in [5.41, 5.74) is 15.8. The van der Waals surface area contributed by atoms with Crippen molar-refractivity contribution in [2.24, 2.45) is 0 Å². The highest BCUT2D eigenvalue weighted by atomic mass is 35.5. The Morgan fingerprint density at radius 3 is 1.12 bits per heavy atom. The zero-order chi connectivity index (χ0) is 82.3. The van der Waals surface area contributed by atoms with E-state index in [9.17, 15) is 14.4 Å². The van der Waals surface area contributed by atoms with E-state index < -0.39 is 0 Å². The van der Waals surface area contributed by atoms with E-state index in [4.69, 9.17) is 84.7 Å². The van der Waals surface area contributed by atoms with Crippen LogP contribution in [0.1, 0.15) is 199 Å². The first-order valence-corrected chi connectivity index (χ1v) is 44.9. The molecule has 0 amide bonds. The van der Waals surface area contributed by atoms with Crippen LogP contribution in [0.2, 0.25) is 5.15 Å². The number of piperidine rings is 3. The number of rotatable bonds is 23. The van der Waals surface area contributed by atoms with Crippen LogP contribution < -0.4 is 14.7 Å². The lowest BCUT2D eigenvalue weighted by Gasteiger charge is -2.41. The molecule has 0 bridgehead atoms. The van der Waals surface area contributed by atoms with Crippen LogP contribution in [0.3, 0.4) is 0 Å². The Kier molecular flexibility index (Phi) is 26.6. The molecule has 11 aliphatic rings. The minimum atomic E-state index is -0.139. The number of carbonyl (C=O) groups is 3. The zero-order valence-corrected chi connectivity index (χ0v) is 71.1. The summed E-state index contributed by atoms with van der Waals surface area (Å²) in [5, 5.41) is 19.2. The summed E-state index contributed by atoms with van der Waals surface area (Å²) in [5.74, 6) is 1.22. The maximum Gasteiger partial charge on any atom is 0.206 e. The third-order valence-electron chi connectivity index (χ3n) is 27.1. The fourth-order valence-electron chi connectivity index (χ4n) is 19.6. The van der Waals surface area contributed by atoms with Gasteiger partial charge in [-0.25, -0.2) is 34.0 Å². The number of fused-ring (bicyclic) bond motifs is 3. The van der Waals surface area contributed by atoms with Gasteiger partial charge in [0.25, 0.3) is 0 Å². The molecule has 9 aromatic rings. The molecule has 7 saturated heterocycles. The molecule has 9 aromatic heterocycles. The van der Waals surface area contributed by atoms with Crippen molar-refractivity contribution in [2.75, 3.05) is 200 Å². The lowest BCUT2D eigenvalue weighted by atomic mass is 9.82. The van der Waals surface area contributed by atoms with Crippen molar-refractivity contribution < 1.29 is 52.3 Å². The first-order chi connectivity index (χ1) is 59.5. The van der Waals surface area contributed by atoms with Gasteiger partial charge in [-0.1, -0.05) is 36.9 Å². The second-order valence-corrected chi connectivity index (χ2v) is 34.6. The first-order valence-electron chi connectivity index (χ1n) is 44.5. The largest absolute Gasteiger partial charge is 0.381 e. The molecule has 30 heteroatoms. The maximum absolute atomic E-state index is 13.2. The van der Waals surface area contributed by atoms with E-state index in [0.717, 1.165) is 318 Å². The molecule has 17 heterocycles. The van der Waals surface area contributed by atoms with Gasteiger partial charge in [-0.2, -0.15) is 15.3 Å². The van der Waals surface area contributed by atoms with Gasteiger partial charge in [-0.15, -0.1) is 0 Å². The highest BCUT2D eigenvalue weighted by Crippen LogP contribution is 2.48. The molecule has 0 unspecified atom stereocenters. The van der Waals surface area contributed by atoms with Crippen LogP contribution in [-0.2, 0) is 37.9 Å². The summed E-state index contributed by atoms with van der Waals surface area (Å²) < 4.78 is 49.3. The molecular weight excluding hydrogens is 1560 g/mol. The second kappa shape index (κ2) is 38.6. The van der Waals surface area contributed by atoms with Gasteiger partial charge in [0, 0.05) is 185 Å². The molecule has 20 rings (SSSR count). The number of ether oxygens (including phenoxy) is 8. The molecule has 3 aliphatic carbocycles. The van der Waals surface area contributed by atoms with Crippen LogP contribution in [0.4, 0.5) is 17.1 Å². The van der Waals surface area contributed by atoms with E-state index in [1.165, 1.54) is 31.9 Å². The van der Waals surface area contributed by atoms with Gasteiger partial charge in [-0.05, 0) is 150 Å². The number of halogens is 1. The number of ketones is 3. The van der Waals surface area contributed by atoms with E-state index in [0.29, 0.717) is 82.9 Å². The van der Waals surface area contributed by atoms with E-state index in [-0.39, 0.29) is 37.2 Å². The van der Waals surface area contributed by atoms with Gasteiger partial charge in [0.05, 0.1) is 126 Å². The summed E-state index contributed by atoms with van der Waals surface area (Å²) in [7, 11) is 4.64. The number of methoxy groups -OCH3 is 3. The Morgan fingerprint density at radius 2 is 0.760 bits per heavy atom. The smallest absolute Gasteiger partial charge is 0.206 e. The summed E-state index contributed by atoms with van der Waals surface area (Å²) in [6, 6.07) is 19.6. The molecule has 29 nitrogen and oxygen atoms in total. The van der Waals surface area contributed by atoms with Crippen LogP contribution in [0.15, 0.2) is 79.3 Å². The van der Waals surface area contributed by atoms with E-state index in [1.54, 1.807) is 26.5 Å².